The quantitative estimate of drug-likeness (QED) is 0.193. The molecule has 0 unspecified atom stereocenters. The molecule has 0 spiro atoms. The summed E-state index contributed by atoms with van der Waals surface area (Å²) in [5.74, 6) is 2.12. The second-order valence-electron chi connectivity index (χ2n) is 11.6. The van der Waals surface area contributed by atoms with E-state index in [0.717, 1.165) is 34.0 Å². The Morgan fingerprint density at radius 2 is 1.13 bits per heavy atom. The van der Waals surface area contributed by atoms with Crippen LogP contribution in [0.3, 0.4) is 0 Å². The normalized spacial score (nSPS) is 13.0. The summed E-state index contributed by atoms with van der Waals surface area (Å²) in [6, 6.07) is 55.3. The van der Waals surface area contributed by atoms with Crippen molar-refractivity contribution in [3.63, 3.8) is 0 Å². The lowest BCUT2D eigenvalue weighted by atomic mass is 9.67. The third-order valence-corrected chi connectivity index (χ3v) is 9.10. The van der Waals surface area contributed by atoms with Crippen molar-refractivity contribution in [3.05, 3.63) is 192 Å². The molecular weight excluding hydrogens is 564 g/mol. The van der Waals surface area contributed by atoms with Crippen LogP contribution >= 0.6 is 0 Å². The van der Waals surface area contributed by atoms with E-state index in [0.29, 0.717) is 5.84 Å². The van der Waals surface area contributed by atoms with Crippen LogP contribution in [0.2, 0.25) is 0 Å². The second kappa shape index (κ2) is 10.5. The van der Waals surface area contributed by atoms with Crippen molar-refractivity contribution in [3.8, 4) is 45.1 Å². The average molecular weight is 593 g/mol. The highest BCUT2D eigenvalue weighted by Gasteiger charge is 2.46. The summed E-state index contributed by atoms with van der Waals surface area (Å²) in [4.78, 5) is 4.97. The lowest BCUT2D eigenvalue weighted by Gasteiger charge is -2.34. The average Bonchev–Trinajstić information content (AvgIpc) is 3.81. The topological polar surface area (TPSA) is 39.7 Å². The lowest BCUT2D eigenvalue weighted by Crippen LogP contribution is -2.28. The lowest BCUT2D eigenvalue weighted by molar-refractivity contribution is 0.483. The van der Waals surface area contributed by atoms with E-state index in [-0.39, 0.29) is 0 Å². The first kappa shape index (κ1) is 26.3. The highest BCUT2D eigenvalue weighted by atomic mass is 16.5. The van der Waals surface area contributed by atoms with Crippen LogP contribution in [0.1, 0.15) is 22.3 Å². The molecular formula is C42H28N2O2. The molecule has 1 aliphatic rings. The number of rotatable bonds is 6. The van der Waals surface area contributed by atoms with Crippen LogP contribution in [0.25, 0.3) is 39.5 Å². The van der Waals surface area contributed by atoms with Gasteiger partial charge in [0, 0.05) is 17.3 Å². The molecule has 4 nitrogen and oxygen atoms in total. The smallest absolute Gasteiger partial charge is 0.306 e. The SMILES string of the molecule is c1ccc(Oc2ccc(-c3nc4occn4c3-c3ccc4c(c3)C(c3ccccc3)(c3ccccc3)c3ccccc3-4)cc2)cc1. The third kappa shape index (κ3) is 3.97. The number of oxazole rings is 1. The van der Waals surface area contributed by atoms with E-state index in [1.54, 1.807) is 6.26 Å². The molecule has 0 aliphatic heterocycles. The number of hydrogen-bond donors (Lipinski definition) is 0. The van der Waals surface area contributed by atoms with Crippen molar-refractivity contribution in [2.75, 3.05) is 0 Å². The van der Waals surface area contributed by atoms with E-state index in [4.69, 9.17) is 14.1 Å². The molecule has 2 heterocycles. The van der Waals surface area contributed by atoms with Gasteiger partial charge in [0.2, 0.25) is 0 Å². The zero-order valence-corrected chi connectivity index (χ0v) is 24.9. The maximum Gasteiger partial charge on any atom is 0.306 e. The molecule has 0 N–H and O–H groups in total. The number of nitrogens with zero attached hydrogens (tertiary/aromatic N) is 2. The largest absolute Gasteiger partial charge is 0.457 e. The van der Waals surface area contributed by atoms with Gasteiger partial charge in [-0.15, -0.1) is 0 Å². The van der Waals surface area contributed by atoms with Gasteiger partial charge in [-0.1, -0.05) is 115 Å². The summed E-state index contributed by atoms with van der Waals surface area (Å²) in [7, 11) is 0. The highest BCUT2D eigenvalue weighted by molar-refractivity contribution is 5.90. The van der Waals surface area contributed by atoms with Crippen LogP contribution in [0.5, 0.6) is 11.5 Å². The Morgan fingerprint density at radius 3 is 1.85 bits per heavy atom. The van der Waals surface area contributed by atoms with Gasteiger partial charge in [-0.2, -0.15) is 4.98 Å². The van der Waals surface area contributed by atoms with Crippen LogP contribution in [0.4, 0.5) is 0 Å². The number of ether oxygens (including phenoxy) is 1. The molecule has 218 valence electrons. The molecule has 8 aromatic rings. The molecule has 0 radical (unpaired) electrons. The summed E-state index contributed by atoms with van der Waals surface area (Å²) >= 11 is 0. The van der Waals surface area contributed by atoms with Gasteiger partial charge in [0.1, 0.15) is 23.5 Å². The van der Waals surface area contributed by atoms with Crippen LogP contribution < -0.4 is 4.74 Å². The first-order valence-corrected chi connectivity index (χ1v) is 15.5. The molecule has 9 rings (SSSR count). The van der Waals surface area contributed by atoms with Crippen molar-refractivity contribution < 1.29 is 9.15 Å². The van der Waals surface area contributed by atoms with Crippen molar-refractivity contribution in [2.24, 2.45) is 0 Å². The second-order valence-corrected chi connectivity index (χ2v) is 11.6. The predicted molar refractivity (Wildman–Crippen MR) is 182 cm³/mol. The monoisotopic (exact) mass is 592 g/mol. The van der Waals surface area contributed by atoms with Crippen molar-refractivity contribution >= 4 is 5.84 Å². The van der Waals surface area contributed by atoms with Gasteiger partial charge >= 0.3 is 5.84 Å². The Morgan fingerprint density at radius 1 is 0.543 bits per heavy atom. The van der Waals surface area contributed by atoms with Gasteiger partial charge in [-0.05, 0) is 75.8 Å². The molecule has 6 aromatic carbocycles. The first-order valence-electron chi connectivity index (χ1n) is 15.5. The minimum atomic E-state index is -0.485. The van der Waals surface area contributed by atoms with Crippen molar-refractivity contribution in [1.29, 1.82) is 0 Å². The van der Waals surface area contributed by atoms with E-state index < -0.39 is 5.41 Å². The number of imidazole rings is 1. The van der Waals surface area contributed by atoms with Crippen LogP contribution in [-0.2, 0) is 5.41 Å². The summed E-state index contributed by atoms with van der Waals surface area (Å²) in [6.45, 7) is 0. The molecule has 0 saturated heterocycles. The fraction of sp³-hybridized carbons (Fsp3) is 0.0238. The Labute approximate surface area is 266 Å². The van der Waals surface area contributed by atoms with Gasteiger partial charge in [-0.25, -0.2) is 0 Å². The number of fused-ring (bicyclic) bond motifs is 4. The molecule has 46 heavy (non-hydrogen) atoms. The summed E-state index contributed by atoms with van der Waals surface area (Å²) in [6.07, 6.45) is 3.63. The third-order valence-electron chi connectivity index (χ3n) is 9.10. The minimum Gasteiger partial charge on any atom is -0.457 e. The Hall–Kier alpha value is -6.13. The number of hydrogen-bond acceptors (Lipinski definition) is 3. The fourth-order valence-corrected chi connectivity index (χ4v) is 7.16. The highest BCUT2D eigenvalue weighted by Crippen LogP contribution is 2.56. The summed E-state index contributed by atoms with van der Waals surface area (Å²) in [5, 5.41) is 0. The van der Waals surface area contributed by atoms with Crippen molar-refractivity contribution in [2.45, 2.75) is 5.41 Å². The Kier molecular flexibility index (Phi) is 6.00. The van der Waals surface area contributed by atoms with Crippen LogP contribution in [-0.4, -0.2) is 9.38 Å². The Bertz CT molecular complexity index is 2280. The van der Waals surface area contributed by atoms with E-state index in [1.165, 1.54) is 33.4 Å². The van der Waals surface area contributed by atoms with Gasteiger partial charge in [-0.3, -0.25) is 4.40 Å². The molecule has 4 heteroatoms. The summed E-state index contributed by atoms with van der Waals surface area (Å²) < 4.78 is 13.9. The van der Waals surface area contributed by atoms with Gasteiger partial charge in [0.05, 0.1) is 11.1 Å². The molecule has 0 saturated carbocycles. The van der Waals surface area contributed by atoms with Crippen LogP contribution in [0.15, 0.2) is 175 Å². The Balaban J connectivity index is 1.24. The zero-order valence-electron chi connectivity index (χ0n) is 24.9. The first-order chi connectivity index (χ1) is 22.8. The van der Waals surface area contributed by atoms with E-state index in [1.807, 2.05) is 53.1 Å². The van der Waals surface area contributed by atoms with E-state index in [2.05, 4.69) is 115 Å². The maximum absolute atomic E-state index is 6.07. The minimum absolute atomic E-state index is 0.485. The molecule has 0 amide bonds. The van der Waals surface area contributed by atoms with E-state index in [9.17, 15) is 0 Å². The van der Waals surface area contributed by atoms with Gasteiger partial charge in [0.15, 0.2) is 0 Å². The van der Waals surface area contributed by atoms with Crippen molar-refractivity contribution in [1.82, 2.24) is 9.38 Å². The number of para-hydroxylation sites is 1. The fourth-order valence-electron chi connectivity index (χ4n) is 7.16. The maximum atomic E-state index is 6.07. The number of aromatic nitrogens is 2. The molecule has 1 aliphatic carbocycles. The van der Waals surface area contributed by atoms with Gasteiger partial charge < -0.3 is 9.15 Å². The van der Waals surface area contributed by atoms with Gasteiger partial charge in [0.25, 0.3) is 0 Å². The molecule has 0 atom stereocenters. The van der Waals surface area contributed by atoms with E-state index >= 15 is 0 Å². The predicted octanol–water partition coefficient (Wildman–Crippen LogP) is 10.4. The summed E-state index contributed by atoms with van der Waals surface area (Å²) in [5.41, 5.74) is 10.9. The zero-order chi connectivity index (χ0) is 30.5. The van der Waals surface area contributed by atoms with Crippen LogP contribution in [0, 0.1) is 0 Å². The molecule has 0 bridgehead atoms. The molecule has 0 fully saturated rings. The molecule has 2 aromatic heterocycles. The standard InChI is InChI=1S/C42H28N2O2/c1-4-12-31(13-5-1)42(32-14-6-2-7-15-32)37-19-11-10-18-35(37)36-25-22-30(28-38(36)42)40-39(43-41-44(40)26-27-45-41)29-20-23-34(24-21-29)46-33-16-8-3-9-17-33/h1-28H. The number of benzene rings is 6.